The van der Waals surface area contributed by atoms with Gasteiger partial charge in [-0.1, -0.05) is 30.2 Å². The van der Waals surface area contributed by atoms with Gasteiger partial charge in [-0.25, -0.2) is 0 Å². The normalized spacial score (nSPS) is 18.9. The first-order chi connectivity index (χ1) is 15.5. The van der Waals surface area contributed by atoms with Gasteiger partial charge >= 0.3 is 0 Å². The summed E-state index contributed by atoms with van der Waals surface area (Å²) < 4.78 is 5.79. The number of carbonyl (C=O) groups excluding carboxylic acids is 2. The van der Waals surface area contributed by atoms with Crippen molar-refractivity contribution in [1.82, 2.24) is 4.90 Å². The first kappa shape index (κ1) is 23.4. The smallest absolute Gasteiger partial charge is 0.256 e. The number of phenols is 1. The monoisotopic (exact) mass is 442 g/mol. The number of dihydropyridines is 1. The molecule has 9 nitrogen and oxygen atoms in total. The van der Waals surface area contributed by atoms with Gasteiger partial charge in [0.15, 0.2) is 0 Å². The number of carbonyl (C=O) groups is 2. The van der Waals surface area contributed by atoms with Crippen LogP contribution in [0, 0.1) is 4.91 Å². The van der Waals surface area contributed by atoms with Gasteiger partial charge in [0.1, 0.15) is 17.1 Å². The molecule has 0 aromatic heterocycles. The number of nitrogens with two attached hydrogens (primary N) is 1. The van der Waals surface area contributed by atoms with Crippen LogP contribution in [0.3, 0.4) is 0 Å². The third-order valence-electron chi connectivity index (χ3n) is 5.86. The maximum atomic E-state index is 13.4. The Morgan fingerprint density at radius 2 is 2.12 bits per heavy atom. The van der Waals surface area contributed by atoms with Crippen molar-refractivity contribution >= 4 is 17.5 Å². The van der Waals surface area contributed by atoms with Crippen LogP contribution in [0.4, 0.5) is 0 Å². The minimum absolute atomic E-state index is 0.0207. The van der Waals surface area contributed by atoms with Gasteiger partial charge in [0.05, 0.1) is 18.7 Å². The SMILES string of the molecule is NC(=O)c1c(O)cccc1OCC[C@@H]1CCCCCN1C(=O)C1=CCCN=C1CCN=O. The number of benzene rings is 1. The maximum Gasteiger partial charge on any atom is 0.256 e. The molecular weight excluding hydrogens is 412 g/mol. The Kier molecular flexibility index (Phi) is 8.35. The fraction of sp³-hybridized carbons (Fsp3) is 0.522. The van der Waals surface area contributed by atoms with Crippen molar-refractivity contribution < 1.29 is 19.4 Å². The van der Waals surface area contributed by atoms with E-state index in [4.69, 9.17) is 10.5 Å². The summed E-state index contributed by atoms with van der Waals surface area (Å²) in [5.74, 6) is -0.807. The van der Waals surface area contributed by atoms with Crippen molar-refractivity contribution in [1.29, 1.82) is 0 Å². The number of nitrogens with zero attached hydrogens (tertiary/aromatic N) is 3. The number of rotatable bonds is 9. The zero-order valence-electron chi connectivity index (χ0n) is 18.2. The highest BCUT2D eigenvalue weighted by molar-refractivity contribution is 6.22. The van der Waals surface area contributed by atoms with E-state index >= 15 is 0 Å². The molecule has 1 atom stereocenters. The van der Waals surface area contributed by atoms with Gasteiger partial charge in [-0.2, -0.15) is 4.91 Å². The Hall–Kier alpha value is -3.23. The molecule has 32 heavy (non-hydrogen) atoms. The second-order valence-electron chi connectivity index (χ2n) is 7.99. The Morgan fingerprint density at radius 1 is 1.28 bits per heavy atom. The number of amides is 2. The molecule has 0 aliphatic carbocycles. The largest absolute Gasteiger partial charge is 0.507 e. The van der Waals surface area contributed by atoms with Crippen LogP contribution in [0.1, 0.15) is 55.3 Å². The molecule has 0 bridgehead atoms. The molecule has 0 spiro atoms. The molecular formula is C23H30N4O5. The Balaban J connectivity index is 1.70. The second kappa shape index (κ2) is 11.4. The lowest BCUT2D eigenvalue weighted by Crippen LogP contribution is -2.43. The summed E-state index contributed by atoms with van der Waals surface area (Å²) in [5.41, 5.74) is 6.56. The molecule has 2 aliphatic rings. The third kappa shape index (κ3) is 5.72. The number of nitroso groups, excluding NO2 is 1. The van der Waals surface area contributed by atoms with E-state index in [9.17, 15) is 19.6 Å². The number of hydrogen-bond acceptors (Lipinski definition) is 7. The van der Waals surface area contributed by atoms with Crippen molar-refractivity contribution in [3.8, 4) is 11.5 Å². The van der Waals surface area contributed by atoms with E-state index in [0.29, 0.717) is 43.6 Å². The number of primary amides is 1. The minimum Gasteiger partial charge on any atom is -0.507 e. The number of ether oxygens (including phenoxy) is 1. The fourth-order valence-electron chi connectivity index (χ4n) is 4.28. The highest BCUT2D eigenvalue weighted by Gasteiger charge is 2.30. The summed E-state index contributed by atoms with van der Waals surface area (Å²) in [7, 11) is 0. The highest BCUT2D eigenvalue weighted by Crippen LogP contribution is 2.28. The van der Waals surface area contributed by atoms with Crippen LogP contribution in [0.15, 0.2) is 40.0 Å². The molecule has 172 valence electrons. The number of aromatic hydroxyl groups is 1. The van der Waals surface area contributed by atoms with E-state index in [1.165, 1.54) is 6.07 Å². The van der Waals surface area contributed by atoms with Crippen molar-refractivity contribution in [2.45, 2.75) is 51.0 Å². The predicted molar refractivity (Wildman–Crippen MR) is 121 cm³/mol. The minimum atomic E-state index is -0.759. The standard InChI is InChI=1S/C23H30N4O5/c24-22(29)21-19(28)8-4-9-20(21)32-15-11-16-6-2-1-3-14-27(16)23(30)17-7-5-12-25-18(17)10-13-26-31/h4,7-9,16,28H,1-3,5-6,10-15H2,(H2,24,29)/t16-/m0/s1. The summed E-state index contributed by atoms with van der Waals surface area (Å²) in [5, 5.41) is 12.8. The van der Waals surface area contributed by atoms with E-state index in [1.54, 1.807) is 12.1 Å². The van der Waals surface area contributed by atoms with Crippen LogP contribution in [0.2, 0.25) is 0 Å². The molecule has 1 aromatic carbocycles. The van der Waals surface area contributed by atoms with Gasteiger partial charge in [-0.15, -0.1) is 0 Å². The van der Waals surface area contributed by atoms with Gasteiger partial charge in [0, 0.05) is 37.7 Å². The van der Waals surface area contributed by atoms with Gasteiger partial charge in [0.2, 0.25) is 0 Å². The molecule has 1 aromatic rings. The van der Waals surface area contributed by atoms with Crippen LogP contribution in [0.5, 0.6) is 11.5 Å². The van der Waals surface area contributed by atoms with Crippen molar-refractivity contribution in [2.24, 2.45) is 15.9 Å². The number of hydrogen-bond donors (Lipinski definition) is 2. The van der Waals surface area contributed by atoms with E-state index in [1.807, 2.05) is 11.0 Å². The Labute approximate surface area is 187 Å². The quantitative estimate of drug-likeness (QED) is 0.567. The molecule has 0 unspecified atom stereocenters. The predicted octanol–water partition coefficient (Wildman–Crippen LogP) is 2.96. The van der Waals surface area contributed by atoms with Gasteiger partial charge in [-0.3, -0.25) is 14.6 Å². The van der Waals surface area contributed by atoms with Crippen molar-refractivity contribution in [3.05, 3.63) is 40.3 Å². The average Bonchev–Trinajstić information content (AvgIpc) is 3.03. The second-order valence-corrected chi connectivity index (χ2v) is 7.99. The highest BCUT2D eigenvalue weighted by atomic mass is 16.5. The van der Waals surface area contributed by atoms with Gasteiger partial charge in [0.25, 0.3) is 11.8 Å². The average molecular weight is 443 g/mol. The molecule has 2 amide bonds. The molecule has 3 N–H and O–H groups in total. The van der Waals surface area contributed by atoms with Crippen molar-refractivity contribution in [2.75, 3.05) is 26.2 Å². The van der Waals surface area contributed by atoms with Gasteiger partial charge < -0.3 is 20.5 Å². The lowest BCUT2D eigenvalue weighted by Gasteiger charge is -2.32. The van der Waals surface area contributed by atoms with Gasteiger partial charge in [-0.05, 0) is 31.4 Å². The van der Waals surface area contributed by atoms with Crippen LogP contribution < -0.4 is 10.5 Å². The first-order valence-electron chi connectivity index (χ1n) is 11.1. The third-order valence-corrected chi connectivity index (χ3v) is 5.86. The van der Waals surface area contributed by atoms with E-state index in [-0.39, 0.29) is 42.2 Å². The molecule has 9 heteroatoms. The number of aliphatic imine (C=N–C) groups is 1. The molecule has 1 fully saturated rings. The van der Waals surface area contributed by atoms with Crippen LogP contribution in [-0.4, -0.2) is 59.8 Å². The van der Waals surface area contributed by atoms with Crippen LogP contribution in [-0.2, 0) is 4.79 Å². The molecule has 3 rings (SSSR count). The summed E-state index contributed by atoms with van der Waals surface area (Å²) >= 11 is 0. The van der Waals surface area contributed by atoms with Crippen LogP contribution >= 0.6 is 0 Å². The molecule has 2 heterocycles. The molecule has 0 saturated carbocycles. The molecule has 2 aliphatic heterocycles. The summed E-state index contributed by atoms with van der Waals surface area (Å²) in [6, 6.07) is 4.54. The lowest BCUT2D eigenvalue weighted by molar-refractivity contribution is -0.129. The van der Waals surface area contributed by atoms with E-state index in [2.05, 4.69) is 10.2 Å². The topological polar surface area (TPSA) is 135 Å². The first-order valence-corrected chi connectivity index (χ1v) is 11.1. The molecule has 0 radical (unpaired) electrons. The fourth-order valence-corrected chi connectivity index (χ4v) is 4.28. The summed E-state index contributed by atoms with van der Waals surface area (Å²) in [4.78, 5) is 42.0. The number of likely N-dealkylation sites (tertiary alicyclic amines) is 1. The zero-order chi connectivity index (χ0) is 22.9. The van der Waals surface area contributed by atoms with Crippen LogP contribution in [0.25, 0.3) is 0 Å². The summed E-state index contributed by atoms with van der Waals surface area (Å²) in [6.45, 7) is 1.65. The van der Waals surface area contributed by atoms with E-state index < -0.39 is 5.91 Å². The summed E-state index contributed by atoms with van der Waals surface area (Å²) in [6.07, 6.45) is 7.42. The zero-order valence-corrected chi connectivity index (χ0v) is 18.2. The van der Waals surface area contributed by atoms with Crippen molar-refractivity contribution in [3.63, 3.8) is 0 Å². The lowest BCUT2D eigenvalue weighted by atomic mass is 10.00. The Bertz CT molecular complexity index is 912. The van der Waals surface area contributed by atoms with E-state index in [0.717, 1.165) is 25.7 Å². The Morgan fingerprint density at radius 3 is 2.91 bits per heavy atom. The maximum absolute atomic E-state index is 13.4. The molecule has 1 saturated heterocycles.